The molecule has 1 N–H and O–H groups in total. The van der Waals surface area contributed by atoms with Gasteiger partial charge in [-0.2, -0.15) is 26.3 Å². The van der Waals surface area contributed by atoms with Gasteiger partial charge in [-0.25, -0.2) is 0 Å². The summed E-state index contributed by atoms with van der Waals surface area (Å²) in [6, 6.07) is 4.97. The highest BCUT2D eigenvalue weighted by Crippen LogP contribution is 2.32. The van der Waals surface area contributed by atoms with E-state index >= 15 is 0 Å². The van der Waals surface area contributed by atoms with Crippen LogP contribution in [0.25, 0.3) is 0 Å². The van der Waals surface area contributed by atoms with Crippen LogP contribution in [0.4, 0.5) is 26.3 Å². The standard InChI is InChI=1S/C11H11F6NS/c12-10(13,14)9-4-2-1-3-8(9)7-18-5-6-19-11(15,16)17/h1-4,18H,5-7H2. The molecule has 0 aliphatic carbocycles. The largest absolute Gasteiger partial charge is 0.441 e. The van der Waals surface area contributed by atoms with Crippen LogP contribution in [0.15, 0.2) is 24.3 Å². The van der Waals surface area contributed by atoms with Crippen LogP contribution < -0.4 is 5.32 Å². The van der Waals surface area contributed by atoms with Crippen molar-refractivity contribution in [3.8, 4) is 0 Å². The molecule has 0 bridgehead atoms. The van der Waals surface area contributed by atoms with Crippen LogP contribution in [0.5, 0.6) is 0 Å². The molecule has 8 heteroatoms. The van der Waals surface area contributed by atoms with E-state index in [1.54, 1.807) is 0 Å². The summed E-state index contributed by atoms with van der Waals surface area (Å²) >= 11 is -0.206. The summed E-state index contributed by atoms with van der Waals surface area (Å²) in [6.45, 7) is -0.134. The predicted molar refractivity (Wildman–Crippen MR) is 61.7 cm³/mol. The molecule has 0 atom stereocenters. The summed E-state index contributed by atoms with van der Waals surface area (Å²) in [5.41, 5.74) is -5.07. The van der Waals surface area contributed by atoms with E-state index in [-0.39, 0.29) is 36.2 Å². The third-order valence-electron chi connectivity index (χ3n) is 2.18. The lowest BCUT2D eigenvalue weighted by molar-refractivity contribution is -0.138. The molecule has 1 aromatic rings. The molecule has 0 unspecified atom stereocenters. The summed E-state index contributed by atoms with van der Waals surface area (Å²) in [4.78, 5) is 0. The molecule has 0 radical (unpaired) electrons. The highest BCUT2D eigenvalue weighted by Gasteiger charge is 2.32. The van der Waals surface area contributed by atoms with Crippen LogP contribution in [0, 0.1) is 0 Å². The van der Waals surface area contributed by atoms with Crippen LogP contribution in [0.2, 0.25) is 0 Å². The Morgan fingerprint density at radius 1 is 1.00 bits per heavy atom. The molecule has 0 saturated carbocycles. The molecule has 0 aromatic heterocycles. The Labute approximate surface area is 110 Å². The SMILES string of the molecule is FC(F)(F)SCCNCc1ccccc1C(F)(F)F. The number of halogens is 6. The minimum absolute atomic E-state index is 0.0175. The molecule has 19 heavy (non-hydrogen) atoms. The number of hydrogen-bond acceptors (Lipinski definition) is 2. The number of thioether (sulfide) groups is 1. The number of alkyl halides is 6. The maximum Gasteiger partial charge on any atom is 0.441 e. The van der Waals surface area contributed by atoms with E-state index < -0.39 is 17.2 Å². The van der Waals surface area contributed by atoms with E-state index in [1.807, 2.05) is 0 Å². The van der Waals surface area contributed by atoms with Crippen molar-refractivity contribution >= 4 is 11.8 Å². The quantitative estimate of drug-likeness (QED) is 0.650. The first-order chi connectivity index (χ1) is 8.70. The summed E-state index contributed by atoms with van der Waals surface area (Å²) in [7, 11) is 0. The molecule has 1 nitrogen and oxygen atoms in total. The van der Waals surface area contributed by atoms with Crippen LogP contribution in [0.1, 0.15) is 11.1 Å². The fourth-order valence-corrected chi connectivity index (χ4v) is 1.89. The lowest BCUT2D eigenvalue weighted by atomic mass is 10.1. The number of benzene rings is 1. The fraction of sp³-hybridized carbons (Fsp3) is 0.455. The second-order valence-corrected chi connectivity index (χ2v) is 4.79. The molecule has 0 spiro atoms. The van der Waals surface area contributed by atoms with Crippen LogP contribution in [-0.4, -0.2) is 17.8 Å². The molecular weight excluding hydrogens is 292 g/mol. The van der Waals surface area contributed by atoms with E-state index in [0.29, 0.717) is 0 Å². The highest BCUT2D eigenvalue weighted by atomic mass is 32.2. The van der Waals surface area contributed by atoms with Crippen LogP contribution in [-0.2, 0) is 12.7 Å². The molecule has 0 saturated heterocycles. The van der Waals surface area contributed by atoms with Crippen molar-refractivity contribution in [3.05, 3.63) is 35.4 Å². The van der Waals surface area contributed by atoms with Crippen molar-refractivity contribution in [3.63, 3.8) is 0 Å². The minimum atomic E-state index is -4.46. The van der Waals surface area contributed by atoms with Crippen LogP contribution in [0.3, 0.4) is 0 Å². The molecule has 0 amide bonds. The number of nitrogens with one attached hydrogen (secondary N) is 1. The molecule has 1 rings (SSSR count). The van der Waals surface area contributed by atoms with Crippen LogP contribution >= 0.6 is 11.8 Å². The average Bonchev–Trinajstić information content (AvgIpc) is 2.26. The Kier molecular flexibility index (Phi) is 5.54. The zero-order valence-corrected chi connectivity index (χ0v) is 10.4. The smallest absolute Gasteiger partial charge is 0.312 e. The van der Waals surface area contributed by atoms with Gasteiger partial charge in [0.25, 0.3) is 0 Å². The molecule has 0 aliphatic rings. The van der Waals surface area contributed by atoms with Crippen molar-refractivity contribution in [2.45, 2.75) is 18.2 Å². The Morgan fingerprint density at radius 2 is 1.63 bits per heavy atom. The maximum absolute atomic E-state index is 12.6. The van der Waals surface area contributed by atoms with Gasteiger partial charge in [-0.1, -0.05) is 18.2 Å². The first-order valence-electron chi connectivity index (χ1n) is 5.26. The minimum Gasteiger partial charge on any atom is -0.312 e. The van der Waals surface area contributed by atoms with Gasteiger partial charge in [0, 0.05) is 18.8 Å². The van der Waals surface area contributed by atoms with Gasteiger partial charge in [-0.05, 0) is 23.4 Å². The lowest BCUT2D eigenvalue weighted by Gasteiger charge is -2.13. The number of hydrogen-bond donors (Lipinski definition) is 1. The van der Waals surface area contributed by atoms with Gasteiger partial charge in [-0.15, -0.1) is 0 Å². The monoisotopic (exact) mass is 303 g/mol. The Hall–Kier alpha value is -0.890. The van der Waals surface area contributed by atoms with Gasteiger partial charge in [-0.3, -0.25) is 0 Å². The van der Waals surface area contributed by atoms with E-state index in [2.05, 4.69) is 5.32 Å². The van der Waals surface area contributed by atoms with Crippen molar-refractivity contribution in [2.75, 3.05) is 12.3 Å². The zero-order chi connectivity index (χ0) is 14.5. The van der Waals surface area contributed by atoms with E-state index in [1.165, 1.54) is 18.2 Å². The summed E-state index contributed by atoms with van der Waals surface area (Å²) in [6.07, 6.45) is -4.46. The van der Waals surface area contributed by atoms with Crippen molar-refractivity contribution in [2.24, 2.45) is 0 Å². The van der Waals surface area contributed by atoms with Gasteiger partial charge in [0.2, 0.25) is 0 Å². The third kappa shape index (κ3) is 6.20. The normalized spacial score (nSPS) is 12.7. The van der Waals surface area contributed by atoms with Gasteiger partial charge < -0.3 is 5.32 Å². The molecule has 108 valence electrons. The first kappa shape index (κ1) is 16.2. The molecule has 0 aliphatic heterocycles. The molecule has 0 fully saturated rings. The zero-order valence-electron chi connectivity index (χ0n) is 9.61. The molecule has 0 heterocycles. The Morgan fingerprint density at radius 3 is 2.21 bits per heavy atom. The average molecular weight is 303 g/mol. The summed E-state index contributed by atoms with van der Waals surface area (Å²) < 4.78 is 73.2. The van der Waals surface area contributed by atoms with E-state index in [0.717, 1.165) is 6.07 Å². The highest BCUT2D eigenvalue weighted by molar-refractivity contribution is 8.00. The fourth-order valence-electron chi connectivity index (χ4n) is 1.41. The van der Waals surface area contributed by atoms with Gasteiger partial charge in [0.1, 0.15) is 0 Å². The first-order valence-corrected chi connectivity index (χ1v) is 6.25. The third-order valence-corrected chi connectivity index (χ3v) is 2.92. The van der Waals surface area contributed by atoms with E-state index in [9.17, 15) is 26.3 Å². The Balaban J connectivity index is 2.46. The van der Waals surface area contributed by atoms with Crippen molar-refractivity contribution in [1.29, 1.82) is 0 Å². The van der Waals surface area contributed by atoms with Gasteiger partial charge in [0.15, 0.2) is 0 Å². The molecule has 1 aromatic carbocycles. The molecular formula is C11H11F6NS. The Bertz CT molecular complexity index is 401. The number of rotatable bonds is 5. The topological polar surface area (TPSA) is 12.0 Å². The predicted octanol–water partition coefficient (Wildman–Crippen LogP) is 4.05. The lowest BCUT2D eigenvalue weighted by Crippen LogP contribution is -2.20. The second kappa shape index (κ2) is 6.51. The van der Waals surface area contributed by atoms with Gasteiger partial charge >= 0.3 is 11.7 Å². The second-order valence-electron chi connectivity index (χ2n) is 3.63. The summed E-state index contributed by atoms with van der Waals surface area (Å²) in [5, 5.41) is 2.57. The van der Waals surface area contributed by atoms with Crippen molar-refractivity contribution in [1.82, 2.24) is 5.32 Å². The van der Waals surface area contributed by atoms with Gasteiger partial charge in [0.05, 0.1) is 5.56 Å². The summed E-state index contributed by atoms with van der Waals surface area (Å²) in [5.74, 6) is -0.238. The maximum atomic E-state index is 12.6. The van der Waals surface area contributed by atoms with Crippen molar-refractivity contribution < 1.29 is 26.3 Å². The van der Waals surface area contributed by atoms with E-state index in [4.69, 9.17) is 0 Å².